The van der Waals surface area contributed by atoms with Crippen LogP contribution in [0.25, 0.3) is 10.9 Å². The average Bonchev–Trinajstić information content (AvgIpc) is 2.88. The van der Waals surface area contributed by atoms with Gasteiger partial charge in [0.25, 0.3) is 5.91 Å². The van der Waals surface area contributed by atoms with Crippen LogP contribution in [0.3, 0.4) is 0 Å². The van der Waals surface area contributed by atoms with Crippen molar-refractivity contribution in [2.45, 2.75) is 59.1 Å². The highest BCUT2D eigenvalue weighted by molar-refractivity contribution is 5.87. The van der Waals surface area contributed by atoms with Gasteiger partial charge in [-0.25, -0.2) is 10.6 Å². The highest BCUT2D eigenvalue weighted by atomic mass is 16.7. The average molecular weight is 390 g/mol. The molecule has 8 nitrogen and oxygen atoms in total. The molecule has 2 amide bonds. The zero-order valence-corrected chi connectivity index (χ0v) is 17.4. The van der Waals surface area contributed by atoms with Gasteiger partial charge in [0.05, 0.1) is 5.52 Å². The van der Waals surface area contributed by atoms with Crippen LogP contribution >= 0.6 is 0 Å². The molecule has 0 atom stereocenters. The molecule has 0 saturated heterocycles. The van der Waals surface area contributed by atoms with Gasteiger partial charge in [0.15, 0.2) is 6.61 Å². The largest absolute Gasteiger partial charge is 0.444 e. The Morgan fingerprint density at radius 2 is 1.86 bits per heavy atom. The predicted octanol–water partition coefficient (Wildman–Crippen LogP) is 2.21. The van der Waals surface area contributed by atoms with E-state index in [0.29, 0.717) is 6.42 Å². The molecule has 2 rings (SSSR count). The lowest BCUT2D eigenvalue weighted by molar-refractivity contribution is -0.125. The first-order valence-electron chi connectivity index (χ1n) is 9.15. The van der Waals surface area contributed by atoms with Crippen molar-refractivity contribution in [2.75, 3.05) is 6.61 Å². The van der Waals surface area contributed by atoms with Crippen molar-refractivity contribution in [2.24, 2.45) is 5.84 Å². The van der Waals surface area contributed by atoms with Crippen molar-refractivity contribution in [3.63, 3.8) is 0 Å². The monoisotopic (exact) mass is 390 g/mol. The number of hydrazine groups is 1. The van der Waals surface area contributed by atoms with Gasteiger partial charge in [-0.05, 0) is 59.1 Å². The lowest BCUT2D eigenvalue weighted by Crippen LogP contribution is -2.47. The summed E-state index contributed by atoms with van der Waals surface area (Å²) in [6.07, 6.45) is 1.92. The Labute approximate surface area is 165 Å². The number of para-hydroxylation sites is 1. The zero-order chi connectivity index (χ0) is 21.1. The molecule has 0 unspecified atom stereocenters. The number of nitrogens with one attached hydrogen (secondary N) is 2. The maximum absolute atomic E-state index is 12.2. The van der Waals surface area contributed by atoms with Gasteiger partial charge in [-0.1, -0.05) is 18.2 Å². The van der Waals surface area contributed by atoms with Crippen LogP contribution in [0, 0.1) is 6.92 Å². The number of nitrogens with zero attached hydrogens (tertiary/aromatic N) is 1. The molecule has 1 heterocycles. The zero-order valence-electron chi connectivity index (χ0n) is 17.4. The van der Waals surface area contributed by atoms with E-state index >= 15 is 0 Å². The summed E-state index contributed by atoms with van der Waals surface area (Å²) in [5, 5.41) is 3.91. The SMILES string of the molecule is Cc1cccc2c(CC(C)(C)NC(=O)OC(C)(C)C)cn(OCC(=O)NN)c12. The van der Waals surface area contributed by atoms with Crippen molar-refractivity contribution >= 4 is 22.9 Å². The van der Waals surface area contributed by atoms with Crippen molar-refractivity contribution in [3.05, 3.63) is 35.5 Å². The van der Waals surface area contributed by atoms with E-state index in [2.05, 4.69) is 5.32 Å². The molecule has 0 radical (unpaired) electrons. The quantitative estimate of drug-likeness (QED) is 0.398. The first-order chi connectivity index (χ1) is 12.9. The topological polar surface area (TPSA) is 108 Å². The Hall–Kier alpha value is -2.74. The van der Waals surface area contributed by atoms with Crippen molar-refractivity contribution in [1.29, 1.82) is 0 Å². The third-order valence-corrected chi connectivity index (χ3v) is 4.04. The Morgan fingerprint density at radius 3 is 2.46 bits per heavy atom. The Morgan fingerprint density at radius 1 is 1.18 bits per heavy atom. The molecule has 1 aromatic heterocycles. The van der Waals surface area contributed by atoms with E-state index in [0.717, 1.165) is 22.0 Å². The van der Waals surface area contributed by atoms with E-state index in [1.807, 2.05) is 71.4 Å². The number of fused-ring (bicyclic) bond motifs is 1. The second-order valence-electron chi connectivity index (χ2n) is 8.48. The molecule has 0 aliphatic rings. The fraction of sp³-hybridized carbons (Fsp3) is 0.500. The maximum Gasteiger partial charge on any atom is 0.408 e. The number of ether oxygens (including phenoxy) is 1. The minimum absolute atomic E-state index is 0.201. The summed E-state index contributed by atoms with van der Waals surface area (Å²) in [6.45, 7) is 11.1. The van der Waals surface area contributed by atoms with Gasteiger partial charge < -0.3 is 14.9 Å². The van der Waals surface area contributed by atoms with Crippen LogP contribution in [0.2, 0.25) is 0 Å². The van der Waals surface area contributed by atoms with E-state index in [4.69, 9.17) is 15.4 Å². The molecular formula is C20H30N4O4. The smallest absolute Gasteiger partial charge is 0.408 e. The van der Waals surface area contributed by atoms with E-state index in [1.165, 1.54) is 0 Å². The Kier molecular flexibility index (Phi) is 6.23. The molecule has 8 heteroatoms. The van der Waals surface area contributed by atoms with Crippen LogP contribution in [-0.4, -0.2) is 34.5 Å². The number of nitrogens with two attached hydrogens (primary N) is 1. The normalized spacial score (nSPS) is 12.0. The van der Waals surface area contributed by atoms with Crippen LogP contribution in [0.1, 0.15) is 45.7 Å². The van der Waals surface area contributed by atoms with Gasteiger partial charge >= 0.3 is 6.09 Å². The summed E-state index contributed by atoms with van der Waals surface area (Å²) in [5.74, 6) is 4.69. The summed E-state index contributed by atoms with van der Waals surface area (Å²) in [5.41, 5.74) is 3.78. The van der Waals surface area contributed by atoms with Crippen LogP contribution in [0.4, 0.5) is 4.79 Å². The van der Waals surface area contributed by atoms with Gasteiger partial charge in [-0.3, -0.25) is 10.2 Å². The lowest BCUT2D eigenvalue weighted by atomic mass is 9.94. The lowest BCUT2D eigenvalue weighted by Gasteiger charge is -2.28. The fourth-order valence-corrected chi connectivity index (χ4v) is 3.00. The molecule has 28 heavy (non-hydrogen) atoms. The second kappa shape index (κ2) is 8.10. The predicted molar refractivity (Wildman–Crippen MR) is 108 cm³/mol. The third kappa shape index (κ3) is 5.63. The first-order valence-corrected chi connectivity index (χ1v) is 9.15. The maximum atomic E-state index is 12.2. The van der Waals surface area contributed by atoms with E-state index < -0.39 is 23.1 Å². The van der Waals surface area contributed by atoms with Crippen LogP contribution in [-0.2, 0) is 16.0 Å². The standard InChI is InChI=1S/C20H30N4O4/c1-13-8-7-9-15-14(11-24(17(13)15)27-12-16(25)23-21)10-20(5,6)22-18(26)28-19(2,3)4/h7-9,11H,10,12,21H2,1-6H3,(H,22,26)(H,23,25). The number of hydrogen-bond donors (Lipinski definition) is 3. The molecule has 0 aliphatic heterocycles. The van der Waals surface area contributed by atoms with Crippen LogP contribution < -0.4 is 21.4 Å². The number of hydrogen-bond acceptors (Lipinski definition) is 5. The molecular weight excluding hydrogens is 360 g/mol. The molecule has 0 spiro atoms. The summed E-state index contributed by atoms with van der Waals surface area (Å²) >= 11 is 0. The number of rotatable bonds is 6. The molecule has 0 fully saturated rings. The van der Waals surface area contributed by atoms with Crippen LogP contribution in [0.15, 0.2) is 24.4 Å². The molecule has 154 valence electrons. The van der Waals surface area contributed by atoms with Crippen LogP contribution in [0.5, 0.6) is 0 Å². The van der Waals surface area contributed by atoms with Gasteiger partial charge in [0, 0.05) is 17.1 Å². The molecule has 1 aromatic carbocycles. The summed E-state index contributed by atoms with van der Waals surface area (Å²) in [6, 6.07) is 5.93. The van der Waals surface area contributed by atoms with Gasteiger partial charge in [0.2, 0.25) is 0 Å². The molecule has 0 bridgehead atoms. The Bertz CT molecular complexity index is 865. The van der Waals surface area contributed by atoms with Gasteiger partial charge in [-0.2, -0.15) is 4.73 Å². The number of aryl methyl sites for hydroxylation is 1. The number of benzene rings is 1. The van der Waals surface area contributed by atoms with E-state index in [1.54, 1.807) is 4.73 Å². The number of carbonyl (C=O) groups excluding carboxylic acids is 2. The fourth-order valence-electron chi connectivity index (χ4n) is 3.00. The number of carbonyl (C=O) groups is 2. The van der Waals surface area contributed by atoms with Gasteiger partial charge in [-0.15, -0.1) is 0 Å². The van der Waals surface area contributed by atoms with Gasteiger partial charge in [0.1, 0.15) is 5.60 Å². The summed E-state index contributed by atoms with van der Waals surface area (Å²) in [7, 11) is 0. The highest BCUT2D eigenvalue weighted by Crippen LogP contribution is 2.27. The number of amides is 2. The summed E-state index contributed by atoms with van der Waals surface area (Å²) < 4.78 is 6.95. The van der Waals surface area contributed by atoms with E-state index in [-0.39, 0.29) is 6.61 Å². The molecule has 4 N–H and O–H groups in total. The minimum atomic E-state index is -0.565. The van der Waals surface area contributed by atoms with Crippen molar-refractivity contribution in [3.8, 4) is 0 Å². The molecule has 0 saturated carbocycles. The molecule has 0 aliphatic carbocycles. The molecule has 2 aromatic rings. The van der Waals surface area contributed by atoms with Crippen molar-refractivity contribution < 1.29 is 19.2 Å². The third-order valence-electron chi connectivity index (χ3n) is 4.04. The minimum Gasteiger partial charge on any atom is -0.444 e. The number of alkyl carbamates (subject to hydrolysis) is 1. The highest BCUT2D eigenvalue weighted by Gasteiger charge is 2.26. The number of aromatic nitrogens is 1. The Balaban J connectivity index is 2.27. The van der Waals surface area contributed by atoms with Crippen molar-refractivity contribution in [1.82, 2.24) is 15.5 Å². The second-order valence-corrected chi connectivity index (χ2v) is 8.48. The van der Waals surface area contributed by atoms with E-state index in [9.17, 15) is 9.59 Å². The first kappa shape index (κ1) is 21.6. The summed E-state index contributed by atoms with van der Waals surface area (Å²) in [4.78, 5) is 29.2.